The molecule has 2 rings (SSSR count). The van der Waals surface area contributed by atoms with Gasteiger partial charge < -0.3 is 5.32 Å². The number of anilines is 1. The van der Waals surface area contributed by atoms with Gasteiger partial charge in [-0.1, -0.05) is 28.9 Å². The zero-order valence-electron chi connectivity index (χ0n) is 9.98. The average molecular weight is 321 g/mol. The number of nitriles is 1. The zero-order valence-corrected chi connectivity index (χ0v) is 12.4. The molecule has 1 unspecified atom stereocenters. The van der Waals surface area contributed by atoms with Gasteiger partial charge in [-0.25, -0.2) is 0 Å². The molecule has 92 valence electrons. The number of benzene rings is 1. The van der Waals surface area contributed by atoms with E-state index in [-0.39, 0.29) is 6.04 Å². The van der Waals surface area contributed by atoms with E-state index in [1.54, 1.807) is 11.3 Å². The third-order valence-electron chi connectivity index (χ3n) is 2.73. The van der Waals surface area contributed by atoms with Gasteiger partial charge in [-0.3, -0.25) is 0 Å². The Morgan fingerprint density at radius 3 is 2.89 bits per heavy atom. The zero-order chi connectivity index (χ0) is 13.0. The Labute approximate surface area is 119 Å². The van der Waals surface area contributed by atoms with E-state index in [1.165, 1.54) is 4.88 Å². The molecule has 1 N–H and O–H groups in total. The van der Waals surface area contributed by atoms with E-state index < -0.39 is 0 Å². The van der Waals surface area contributed by atoms with Gasteiger partial charge in [0.15, 0.2) is 0 Å². The Kier molecular flexibility index (Phi) is 4.40. The van der Waals surface area contributed by atoms with E-state index in [9.17, 15) is 0 Å². The molecule has 1 aromatic carbocycles. The summed E-state index contributed by atoms with van der Waals surface area (Å²) in [7, 11) is 0. The van der Waals surface area contributed by atoms with Gasteiger partial charge in [-0.15, -0.1) is 11.3 Å². The monoisotopic (exact) mass is 320 g/mol. The predicted octanol–water partition coefficient (Wildman–Crippen LogP) is 4.95. The largest absolute Gasteiger partial charge is 0.376 e. The van der Waals surface area contributed by atoms with Crippen LogP contribution in [-0.2, 0) is 0 Å². The van der Waals surface area contributed by atoms with Crippen LogP contribution in [0.15, 0.2) is 40.2 Å². The second kappa shape index (κ2) is 6.03. The molecule has 0 fully saturated rings. The number of nitrogens with one attached hydrogen (secondary N) is 1. The van der Waals surface area contributed by atoms with Crippen LogP contribution in [0.2, 0.25) is 0 Å². The molecule has 2 aromatic rings. The van der Waals surface area contributed by atoms with Crippen molar-refractivity contribution >= 4 is 33.0 Å². The Hall–Kier alpha value is -1.31. The van der Waals surface area contributed by atoms with Crippen LogP contribution in [0.1, 0.15) is 29.8 Å². The summed E-state index contributed by atoms with van der Waals surface area (Å²) < 4.78 is 0.925. The first kappa shape index (κ1) is 13.1. The average Bonchev–Trinajstić information content (AvgIpc) is 2.91. The summed E-state index contributed by atoms with van der Waals surface area (Å²) >= 11 is 5.12. The number of thiophene rings is 1. The quantitative estimate of drug-likeness (QED) is 0.865. The van der Waals surface area contributed by atoms with Gasteiger partial charge in [-0.05, 0) is 36.1 Å². The van der Waals surface area contributed by atoms with Gasteiger partial charge in [0.05, 0.1) is 17.3 Å². The second-order valence-electron chi connectivity index (χ2n) is 3.92. The number of hydrogen-bond acceptors (Lipinski definition) is 3. The smallest absolute Gasteiger partial charge is 0.101 e. The third-order valence-corrected chi connectivity index (χ3v) is 4.21. The van der Waals surface area contributed by atoms with Gasteiger partial charge in [0.1, 0.15) is 6.07 Å². The highest BCUT2D eigenvalue weighted by Gasteiger charge is 2.12. The minimum Gasteiger partial charge on any atom is -0.376 e. The van der Waals surface area contributed by atoms with E-state index >= 15 is 0 Å². The highest BCUT2D eigenvalue weighted by atomic mass is 79.9. The van der Waals surface area contributed by atoms with Crippen molar-refractivity contribution in [3.8, 4) is 6.07 Å². The summed E-state index contributed by atoms with van der Waals surface area (Å²) in [5.41, 5.74) is 1.56. The van der Waals surface area contributed by atoms with Crippen molar-refractivity contribution in [1.82, 2.24) is 0 Å². The summed E-state index contributed by atoms with van der Waals surface area (Å²) in [6.45, 7) is 2.14. The molecular formula is C14H13BrN2S. The molecule has 4 heteroatoms. The summed E-state index contributed by atoms with van der Waals surface area (Å²) in [6.07, 6.45) is 0.988. The first-order chi connectivity index (χ1) is 8.74. The fraction of sp³-hybridized carbons (Fsp3) is 0.214. The standard InChI is InChI=1S/C14H13BrN2S/c1-2-12(14-4-3-7-18-14)17-13-6-5-11(15)8-10(13)9-16/h3-8,12,17H,2H2,1H3. The fourth-order valence-corrected chi connectivity index (χ4v) is 3.01. The summed E-state index contributed by atoms with van der Waals surface area (Å²) in [4.78, 5) is 1.30. The molecule has 0 saturated carbocycles. The van der Waals surface area contributed by atoms with Crippen molar-refractivity contribution in [1.29, 1.82) is 5.26 Å². The van der Waals surface area contributed by atoms with Crippen LogP contribution < -0.4 is 5.32 Å². The van der Waals surface area contributed by atoms with Crippen LogP contribution in [0.3, 0.4) is 0 Å². The molecule has 0 aliphatic heterocycles. The van der Waals surface area contributed by atoms with Gasteiger partial charge in [-0.2, -0.15) is 5.26 Å². The van der Waals surface area contributed by atoms with Gasteiger partial charge in [0.2, 0.25) is 0 Å². The van der Waals surface area contributed by atoms with Crippen molar-refractivity contribution in [2.75, 3.05) is 5.32 Å². The van der Waals surface area contributed by atoms with E-state index in [0.717, 1.165) is 16.6 Å². The fourth-order valence-electron chi connectivity index (χ4n) is 1.79. The number of halogens is 1. The molecule has 0 saturated heterocycles. The number of nitrogens with zero attached hydrogens (tertiary/aromatic N) is 1. The molecule has 1 atom stereocenters. The number of hydrogen-bond donors (Lipinski definition) is 1. The van der Waals surface area contributed by atoms with E-state index in [0.29, 0.717) is 5.56 Å². The molecule has 0 aliphatic rings. The van der Waals surface area contributed by atoms with Crippen molar-refractivity contribution in [2.24, 2.45) is 0 Å². The maximum Gasteiger partial charge on any atom is 0.101 e. The lowest BCUT2D eigenvalue weighted by Gasteiger charge is -2.17. The van der Waals surface area contributed by atoms with Gasteiger partial charge in [0.25, 0.3) is 0 Å². The summed E-state index contributed by atoms with van der Waals surface area (Å²) in [5, 5.41) is 14.7. The van der Waals surface area contributed by atoms with Crippen molar-refractivity contribution in [3.63, 3.8) is 0 Å². The minimum atomic E-state index is 0.262. The highest BCUT2D eigenvalue weighted by molar-refractivity contribution is 9.10. The molecule has 18 heavy (non-hydrogen) atoms. The number of rotatable bonds is 4. The van der Waals surface area contributed by atoms with Gasteiger partial charge >= 0.3 is 0 Å². The lowest BCUT2D eigenvalue weighted by atomic mass is 10.1. The van der Waals surface area contributed by atoms with Crippen LogP contribution in [0, 0.1) is 11.3 Å². The molecule has 0 radical (unpaired) electrons. The Bertz CT molecular complexity index is 558. The third kappa shape index (κ3) is 2.92. The molecule has 0 aliphatic carbocycles. The summed E-state index contributed by atoms with van der Waals surface area (Å²) in [6, 6.07) is 12.4. The Balaban J connectivity index is 2.25. The molecule has 1 aromatic heterocycles. The van der Waals surface area contributed by atoms with Crippen LogP contribution in [-0.4, -0.2) is 0 Å². The molecular weight excluding hydrogens is 308 g/mol. The lowest BCUT2D eigenvalue weighted by Crippen LogP contribution is -2.09. The van der Waals surface area contributed by atoms with E-state index in [4.69, 9.17) is 5.26 Å². The van der Waals surface area contributed by atoms with Gasteiger partial charge in [0, 0.05) is 9.35 Å². The second-order valence-corrected chi connectivity index (χ2v) is 5.82. The van der Waals surface area contributed by atoms with Crippen LogP contribution >= 0.6 is 27.3 Å². The first-order valence-corrected chi connectivity index (χ1v) is 7.41. The molecule has 2 nitrogen and oxygen atoms in total. The SMILES string of the molecule is CCC(Nc1ccc(Br)cc1C#N)c1cccs1. The predicted molar refractivity (Wildman–Crippen MR) is 79.8 cm³/mol. The molecule has 0 amide bonds. The van der Waals surface area contributed by atoms with Crippen LogP contribution in [0.5, 0.6) is 0 Å². The molecule has 0 bridgehead atoms. The highest BCUT2D eigenvalue weighted by Crippen LogP contribution is 2.28. The first-order valence-electron chi connectivity index (χ1n) is 5.74. The van der Waals surface area contributed by atoms with E-state index in [2.05, 4.69) is 51.8 Å². The maximum absolute atomic E-state index is 9.15. The van der Waals surface area contributed by atoms with Crippen molar-refractivity contribution in [2.45, 2.75) is 19.4 Å². The van der Waals surface area contributed by atoms with E-state index in [1.807, 2.05) is 18.2 Å². The molecule has 0 spiro atoms. The normalized spacial score (nSPS) is 11.8. The summed E-state index contributed by atoms with van der Waals surface area (Å²) in [5.74, 6) is 0. The Morgan fingerprint density at radius 2 is 2.28 bits per heavy atom. The van der Waals surface area contributed by atoms with Crippen molar-refractivity contribution in [3.05, 3.63) is 50.6 Å². The lowest BCUT2D eigenvalue weighted by molar-refractivity contribution is 0.763. The van der Waals surface area contributed by atoms with Crippen LogP contribution in [0.25, 0.3) is 0 Å². The van der Waals surface area contributed by atoms with Crippen LogP contribution in [0.4, 0.5) is 5.69 Å². The Morgan fingerprint density at radius 1 is 1.44 bits per heavy atom. The maximum atomic E-state index is 9.15. The topological polar surface area (TPSA) is 35.8 Å². The minimum absolute atomic E-state index is 0.262. The molecule has 1 heterocycles. The van der Waals surface area contributed by atoms with Crippen molar-refractivity contribution < 1.29 is 0 Å².